The predicted molar refractivity (Wildman–Crippen MR) is 87.5 cm³/mol. The van der Waals surface area contributed by atoms with Crippen LogP contribution in [0.2, 0.25) is 0 Å². The van der Waals surface area contributed by atoms with Gasteiger partial charge in [0, 0.05) is 37.8 Å². The smallest absolute Gasteiger partial charge is 0.187 e. The van der Waals surface area contributed by atoms with E-state index in [4.69, 9.17) is 0 Å². The molecule has 1 aliphatic heterocycles. The minimum Gasteiger partial charge on any atom is -0.294 e. The van der Waals surface area contributed by atoms with Gasteiger partial charge in [-0.1, -0.05) is 35.5 Å². The topological polar surface area (TPSA) is 29.0 Å². The van der Waals surface area contributed by atoms with Gasteiger partial charge in [0.1, 0.15) is 0 Å². The van der Waals surface area contributed by atoms with Gasteiger partial charge >= 0.3 is 0 Å². The van der Waals surface area contributed by atoms with Crippen molar-refractivity contribution >= 4 is 11.8 Å². The molecule has 2 heterocycles. The van der Waals surface area contributed by atoms with Gasteiger partial charge in [-0.15, -0.1) is 0 Å². The van der Waals surface area contributed by atoms with Crippen LogP contribution in [0.15, 0.2) is 29.6 Å². The molecule has 4 heteroatoms. The second-order valence-electron chi connectivity index (χ2n) is 5.72. The number of fused-ring (bicyclic) bond motifs is 1. The van der Waals surface area contributed by atoms with Crippen molar-refractivity contribution in [1.29, 1.82) is 0 Å². The molecule has 0 unspecified atom stereocenters. The van der Waals surface area contributed by atoms with Gasteiger partial charge in [-0.05, 0) is 31.2 Å². The first kappa shape index (κ1) is 14.5. The average Bonchev–Trinajstić information content (AvgIpc) is 2.49. The Kier molecular flexibility index (Phi) is 4.27. The van der Waals surface area contributed by atoms with Gasteiger partial charge in [-0.3, -0.25) is 4.90 Å². The largest absolute Gasteiger partial charge is 0.294 e. The van der Waals surface area contributed by atoms with Crippen molar-refractivity contribution in [3.63, 3.8) is 0 Å². The van der Waals surface area contributed by atoms with Crippen molar-refractivity contribution < 1.29 is 0 Å². The molecule has 0 radical (unpaired) electrons. The van der Waals surface area contributed by atoms with Crippen LogP contribution in [0, 0.1) is 13.8 Å². The van der Waals surface area contributed by atoms with Gasteiger partial charge in [0.05, 0.1) is 5.69 Å². The molecule has 0 spiro atoms. The molecule has 0 saturated carbocycles. The summed E-state index contributed by atoms with van der Waals surface area (Å²) in [5.41, 5.74) is 6.65. The Morgan fingerprint density at radius 3 is 2.90 bits per heavy atom. The summed E-state index contributed by atoms with van der Waals surface area (Å²) < 4.78 is 0. The van der Waals surface area contributed by atoms with Crippen LogP contribution < -0.4 is 0 Å². The molecular weight excluding hydrogens is 278 g/mol. The molecular formula is C17H21N3S. The van der Waals surface area contributed by atoms with E-state index in [2.05, 4.69) is 46.9 Å². The minimum absolute atomic E-state index is 0.886. The van der Waals surface area contributed by atoms with Crippen LogP contribution in [0.3, 0.4) is 0 Å². The van der Waals surface area contributed by atoms with E-state index in [0.29, 0.717) is 0 Å². The summed E-state index contributed by atoms with van der Waals surface area (Å²) >= 11 is 1.61. The maximum Gasteiger partial charge on any atom is 0.187 e. The van der Waals surface area contributed by atoms with E-state index in [9.17, 15) is 0 Å². The molecule has 1 aliphatic rings. The summed E-state index contributed by atoms with van der Waals surface area (Å²) in [5, 5.41) is 0.886. The number of thioether (sulfide) groups is 1. The predicted octanol–water partition coefficient (Wildman–Crippen LogP) is 3.37. The molecule has 0 amide bonds. The van der Waals surface area contributed by atoms with Crippen LogP contribution in [0.25, 0.3) is 0 Å². The zero-order valence-corrected chi connectivity index (χ0v) is 13.7. The Bertz CT molecular complexity index is 654. The number of benzene rings is 1. The van der Waals surface area contributed by atoms with Crippen LogP contribution in [-0.2, 0) is 19.5 Å². The number of nitrogens with zero attached hydrogens (tertiary/aromatic N) is 3. The number of aryl methyl sites for hydroxylation is 2. The van der Waals surface area contributed by atoms with E-state index < -0.39 is 0 Å². The fourth-order valence-corrected chi connectivity index (χ4v) is 3.21. The maximum absolute atomic E-state index is 4.63. The second-order valence-corrected chi connectivity index (χ2v) is 6.49. The van der Waals surface area contributed by atoms with E-state index >= 15 is 0 Å². The van der Waals surface area contributed by atoms with Crippen LogP contribution in [-0.4, -0.2) is 27.7 Å². The highest BCUT2D eigenvalue weighted by Gasteiger charge is 2.18. The molecule has 110 valence electrons. The fraction of sp³-hybridized carbons (Fsp3) is 0.412. The molecule has 0 aliphatic carbocycles. The van der Waals surface area contributed by atoms with Gasteiger partial charge in [-0.25, -0.2) is 9.97 Å². The monoisotopic (exact) mass is 299 g/mol. The first-order valence-electron chi connectivity index (χ1n) is 7.33. The van der Waals surface area contributed by atoms with Gasteiger partial charge in [-0.2, -0.15) is 0 Å². The molecule has 21 heavy (non-hydrogen) atoms. The highest BCUT2D eigenvalue weighted by Crippen LogP contribution is 2.21. The van der Waals surface area contributed by atoms with Gasteiger partial charge in [0.2, 0.25) is 0 Å². The van der Waals surface area contributed by atoms with Gasteiger partial charge in [0.25, 0.3) is 0 Å². The second kappa shape index (κ2) is 6.16. The third-order valence-electron chi connectivity index (χ3n) is 4.07. The first-order valence-corrected chi connectivity index (χ1v) is 8.55. The molecule has 0 bridgehead atoms. The van der Waals surface area contributed by atoms with Crippen LogP contribution in [0.4, 0.5) is 0 Å². The lowest BCUT2D eigenvalue weighted by molar-refractivity contribution is 0.241. The highest BCUT2D eigenvalue weighted by atomic mass is 32.2. The summed E-state index contributed by atoms with van der Waals surface area (Å²) in [6, 6.07) is 6.72. The summed E-state index contributed by atoms with van der Waals surface area (Å²) in [4.78, 5) is 11.5. The Hall–Kier alpha value is -1.39. The van der Waals surface area contributed by atoms with Crippen molar-refractivity contribution in [2.75, 3.05) is 12.8 Å². The normalized spacial score (nSPS) is 15.0. The molecule has 0 N–H and O–H groups in total. The minimum atomic E-state index is 0.886. The Labute approximate surface area is 130 Å². The molecule has 1 aromatic carbocycles. The summed E-state index contributed by atoms with van der Waals surface area (Å²) in [6.07, 6.45) is 5.05. The molecule has 3 nitrogen and oxygen atoms in total. The van der Waals surface area contributed by atoms with E-state index in [1.165, 1.54) is 27.9 Å². The summed E-state index contributed by atoms with van der Waals surface area (Å²) in [7, 11) is 0. The maximum atomic E-state index is 4.63. The SMILES string of the molecule is CSc1ncc2c(n1)CCN(Cc1ccc(C)cc1C)C2. The summed E-state index contributed by atoms with van der Waals surface area (Å²) in [5.74, 6) is 0. The quantitative estimate of drug-likeness (QED) is 0.642. The average molecular weight is 299 g/mol. The van der Waals surface area contributed by atoms with Crippen molar-refractivity contribution in [3.8, 4) is 0 Å². The highest BCUT2D eigenvalue weighted by molar-refractivity contribution is 7.98. The molecule has 0 fully saturated rings. The summed E-state index contributed by atoms with van der Waals surface area (Å²) in [6.45, 7) is 7.39. The zero-order chi connectivity index (χ0) is 14.8. The Morgan fingerprint density at radius 1 is 1.29 bits per heavy atom. The molecule has 2 aromatic rings. The van der Waals surface area contributed by atoms with Crippen LogP contribution in [0.1, 0.15) is 27.9 Å². The Morgan fingerprint density at radius 2 is 2.14 bits per heavy atom. The number of rotatable bonds is 3. The van der Waals surface area contributed by atoms with Crippen molar-refractivity contribution in [2.24, 2.45) is 0 Å². The standard InChI is InChI=1S/C17H21N3S/c1-12-4-5-14(13(2)8-12)10-20-7-6-16-15(11-20)9-18-17(19-16)21-3/h4-5,8-9H,6-7,10-11H2,1-3H3. The van der Waals surface area contributed by atoms with E-state index in [1.807, 2.05) is 12.5 Å². The number of hydrogen-bond acceptors (Lipinski definition) is 4. The zero-order valence-electron chi connectivity index (χ0n) is 12.9. The van der Waals surface area contributed by atoms with Crippen molar-refractivity contribution in [1.82, 2.24) is 14.9 Å². The van der Waals surface area contributed by atoms with Crippen molar-refractivity contribution in [3.05, 3.63) is 52.3 Å². The number of aromatic nitrogens is 2. The number of hydrogen-bond donors (Lipinski definition) is 0. The van der Waals surface area contributed by atoms with Crippen LogP contribution >= 0.6 is 11.8 Å². The van der Waals surface area contributed by atoms with Crippen LogP contribution in [0.5, 0.6) is 0 Å². The fourth-order valence-electron chi connectivity index (χ4n) is 2.85. The van der Waals surface area contributed by atoms with Gasteiger partial charge < -0.3 is 0 Å². The van der Waals surface area contributed by atoms with E-state index in [-0.39, 0.29) is 0 Å². The van der Waals surface area contributed by atoms with Crippen molar-refractivity contribution in [2.45, 2.75) is 38.5 Å². The first-order chi connectivity index (χ1) is 10.2. The third kappa shape index (κ3) is 3.27. The Balaban J connectivity index is 1.74. The lowest BCUT2D eigenvalue weighted by Crippen LogP contribution is -2.31. The van der Waals surface area contributed by atoms with E-state index in [1.54, 1.807) is 11.8 Å². The lowest BCUT2D eigenvalue weighted by Gasteiger charge is -2.28. The molecule has 0 saturated heterocycles. The molecule has 1 aromatic heterocycles. The lowest BCUT2D eigenvalue weighted by atomic mass is 10.0. The molecule has 3 rings (SSSR count). The molecule has 0 atom stereocenters. The van der Waals surface area contributed by atoms with Gasteiger partial charge in [0.15, 0.2) is 5.16 Å². The third-order valence-corrected chi connectivity index (χ3v) is 4.63. The van der Waals surface area contributed by atoms with E-state index in [0.717, 1.165) is 31.2 Å².